The van der Waals surface area contributed by atoms with Crippen molar-refractivity contribution in [2.24, 2.45) is 4.99 Å². The van der Waals surface area contributed by atoms with E-state index in [-0.39, 0.29) is 16.6 Å². The zero-order valence-corrected chi connectivity index (χ0v) is 24.5. The van der Waals surface area contributed by atoms with Crippen molar-refractivity contribution >= 4 is 73.6 Å². The molecule has 0 saturated carbocycles. The third kappa shape index (κ3) is 5.95. The maximum absolute atomic E-state index is 13.8. The van der Waals surface area contributed by atoms with Crippen LogP contribution in [0.15, 0.2) is 106 Å². The maximum atomic E-state index is 13.8. The van der Waals surface area contributed by atoms with Crippen molar-refractivity contribution in [1.29, 1.82) is 0 Å². The summed E-state index contributed by atoms with van der Waals surface area (Å²) in [6.07, 6.45) is 1.59. The lowest BCUT2D eigenvalue weighted by molar-refractivity contribution is -0.113. The predicted octanol–water partition coefficient (Wildman–Crippen LogP) is 8.19. The largest absolute Gasteiger partial charge is 0.378 e. The predicted molar refractivity (Wildman–Crippen MR) is 163 cm³/mol. The fourth-order valence-corrected chi connectivity index (χ4v) is 6.15. The molecule has 0 bridgehead atoms. The highest BCUT2D eigenvalue weighted by Crippen LogP contribution is 2.40. The van der Waals surface area contributed by atoms with E-state index in [0.717, 1.165) is 22.9 Å². The van der Waals surface area contributed by atoms with E-state index in [1.54, 1.807) is 60.7 Å². The normalized spacial score (nSPS) is 15.7. The van der Waals surface area contributed by atoms with E-state index in [9.17, 15) is 13.2 Å². The molecule has 0 atom stereocenters. The molecule has 5 rings (SSSR count). The number of thioether (sulfide) groups is 1. The molecule has 1 fully saturated rings. The average Bonchev–Trinajstić information content (AvgIpc) is 3.23. The number of anilines is 1. The second kappa shape index (κ2) is 11.5. The highest BCUT2D eigenvalue weighted by Gasteiger charge is 2.35. The number of hydrogen-bond acceptors (Lipinski definition) is 6. The zero-order chi connectivity index (χ0) is 28.4. The summed E-state index contributed by atoms with van der Waals surface area (Å²) in [6, 6.07) is 25.2. The summed E-state index contributed by atoms with van der Waals surface area (Å²) in [5.74, 6) is -0.254. The molecule has 0 spiro atoms. The lowest BCUT2D eigenvalue weighted by atomic mass is 10.2. The van der Waals surface area contributed by atoms with Gasteiger partial charge in [-0.05, 0) is 85.3 Å². The summed E-state index contributed by atoms with van der Waals surface area (Å²) in [5.41, 5.74) is 3.32. The van der Waals surface area contributed by atoms with Crippen LogP contribution in [0.1, 0.15) is 16.7 Å². The summed E-state index contributed by atoms with van der Waals surface area (Å²) in [6.45, 7) is 3.77. The van der Waals surface area contributed by atoms with Crippen LogP contribution in [0.3, 0.4) is 0 Å². The van der Waals surface area contributed by atoms with E-state index < -0.39 is 10.1 Å². The Morgan fingerprint density at radius 2 is 1.50 bits per heavy atom. The van der Waals surface area contributed by atoms with Crippen LogP contribution in [-0.2, 0) is 14.9 Å². The molecule has 1 amide bonds. The first kappa shape index (κ1) is 28.0. The summed E-state index contributed by atoms with van der Waals surface area (Å²) < 4.78 is 31.3. The van der Waals surface area contributed by atoms with Gasteiger partial charge in [-0.15, -0.1) is 0 Å². The number of para-hydroxylation sites is 1. The molecular formula is C30H22Cl2N2O4S2. The molecule has 1 saturated heterocycles. The Morgan fingerprint density at radius 3 is 2.20 bits per heavy atom. The molecule has 10 heteroatoms. The molecule has 0 N–H and O–H groups in total. The Kier molecular flexibility index (Phi) is 8.05. The van der Waals surface area contributed by atoms with Gasteiger partial charge in [-0.25, -0.2) is 4.99 Å². The molecule has 1 heterocycles. The van der Waals surface area contributed by atoms with Crippen LogP contribution in [0.4, 0.5) is 11.4 Å². The van der Waals surface area contributed by atoms with Crippen LogP contribution in [0, 0.1) is 13.8 Å². The topological polar surface area (TPSA) is 76.0 Å². The number of amides is 1. The molecule has 40 heavy (non-hydrogen) atoms. The molecule has 6 nitrogen and oxygen atoms in total. The number of amidine groups is 1. The van der Waals surface area contributed by atoms with Crippen LogP contribution in [-0.4, -0.2) is 19.5 Å². The van der Waals surface area contributed by atoms with E-state index in [1.165, 1.54) is 23.1 Å². The highest BCUT2D eigenvalue weighted by atomic mass is 35.5. The lowest BCUT2D eigenvalue weighted by Gasteiger charge is -2.16. The number of benzene rings is 4. The minimum atomic E-state index is -4.09. The second-order valence-corrected chi connectivity index (χ2v) is 12.3. The van der Waals surface area contributed by atoms with Crippen LogP contribution in [0.2, 0.25) is 10.0 Å². The van der Waals surface area contributed by atoms with Crippen molar-refractivity contribution in [1.82, 2.24) is 0 Å². The van der Waals surface area contributed by atoms with Gasteiger partial charge < -0.3 is 4.18 Å². The van der Waals surface area contributed by atoms with Gasteiger partial charge in [0.2, 0.25) is 0 Å². The van der Waals surface area contributed by atoms with Crippen molar-refractivity contribution in [2.45, 2.75) is 18.7 Å². The minimum absolute atomic E-state index is 0.0253. The third-order valence-electron chi connectivity index (χ3n) is 6.04. The minimum Gasteiger partial charge on any atom is -0.378 e. The van der Waals surface area contributed by atoms with Gasteiger partial charge in [0.1, 0.15) is 10.6 Å². The van der Waals surface area contributed by atoms with Gasteiger partial charge in [0.25, 0.3) is 5.91 Å². The van der Waals surface area contributed by atoms with E-state index >= 15 is 0 Å². The van der Waals surface area contributed by atoms with Crippen molar-refractivity contribution in [3.8, 4) is 5.75 Å². The van der Waals surface area contributed by atoms with Crippen molar-refractivity contribution in [3.05, 3.63) is 123 Å². The SMILES string of the molecule is Cc1ccc(N=C2S/C(=C/c3ccccc3OS(=O)(=O)c3ccccc3)C(=O)N2c2ccc(C)c(Cl)c2)cc1Cl. The van der Waals surface area contributed by atoms with Gasteiger partial charge in [0.15, 0.2) is 5.17 Å². The summed E-state index contributed by atoms with van der Waals surface area (Å²) in [7, 11) is -4.09. The van der Waals surface area contributed by atoms with Gasteiger partial charge in [-0.3, -0.25) is 9.69 Å². The molecular weight excluding hydrogens is 587 g/mol. The van der Waals surface area contributed by atoms with Gasteiger partial charge in [0.05, 0.1) is 16.3 Å². The first-order chi connectivity index (χ1) is 19.1. The molecule has 0 aromatic heterocycles. The molecule has 0 aliphatic carbocycles. The zero-order valence-electron chi connectivity index (χ0n) is 21.3. The number of halogens is 2. The fraction of sp³-hybridized carbons (Fsp3) is 0.0667. The Bertz CT molecular complexity index is 1790. The number of hydrogen-bond donors (Lipinski definition) is 0. The molecule has 4 aromatic rings. The number of aryl methyl sites for hydroxylation is 2. The Hall–Kier alpha value is -3.56. The maximum Gasteiger partial charge on any atom is 0.339 e. The van der Waals surface area contributed by atoms with E-state index in [2.05, 4.69) is 0 Å². The van der Waals surface area contributed by atoms with Crippen molar-refractivity contribution in [2.75, 3.05) is 4.90 Å². The number of carbonyl (C=O) groups is 1. The summed E-state index contributed by atoms with van der Waals surface area (Å²) >= 11 is 13.9. The molecule has 1 aliphatic heterocycles. The van der Waals surface area contributed by atoms with Gasteiger partial charge in [-0.2, -0.15) is 8.42 Å². The Labute approximate surface area is 247 Å². The monoisotopic (exact) mass is 608 g/mol. The molecule has 0 radical (unpaired) electrons. The lowest BCUT2D eigenvalue weighted by Crippen LogP contribution is -2.28. The van der Waals surface area contributed by atoms with Gasteiger partial charge in [0, 0.05) is 15.6 Å². The van der Waals surface area contributed by atoms with Crippen molar-refractivity contribution < 1.29 is 17.4 Å². The number of carbonyl (C=O) groups excluding carboxylic acids is 1. The number of rotatable bonds is 6. The molecule has 1 aliphatic rings. The van der Waals surface area contributed by atoms with Gasteiger partial charge >= 0.3 is 10.1 Å². The first-order valence-electron chi connectivity index (χ1n) is 12.1. The van der Waals surface area contributed by atoms with Gasteiger partial charge in [-0.1, -0.05) is 71.7 Å². The smallest absolute Gasteiger partial charge is 0.339 e. The van der Waals surface area contributed by atoms with E-state index in [0.29, 0.717) is 37.1 Å². The molecule has 0 unspecified atom stereocenters. The Balaban J connectivity index is 1.56. The van der Waals surface area contributed by atoms with Crippen LogP contribution in [0.25, 0.3) is 6.08 Å². The molecule has 202 valence electrons. The van der Waals surface area contributed by atoms with Crippen molar-refractivity contribution in [3.63, 3.8) is 0 Å². The third-order valence-corrected chi connectivity index (χ3v) is 9.07. The standard InChI is InChI=1S/C30H22Cl2N2O4S2/c1-19-12-14-22(17-25(19)31)33-30-34(23-15-13-20(2)26(32)18-23)29(35)28(39-30)16-21-8-6-7-11-27(21)38-40(36,37)24-9-4-3-5-10-24/h3-18H,1-2H3/b28-16+,33-30?. The first-order valence-corrected chi connectivity index (χ1v) is 15.0. The highest BCUT2D eigenvalue weighted by molar-refractivity contribution is 8.19. The second-order valence-electron chi connectivity index (χ2n) is 8.90. The summed E-state index contributed by atoms with van der Waals surface area (Å²) in [5, 5.41) is 1.46. The molecule has 4 aromatic carbocycles. The van der Waals surface area contributed by atoms with E-state index in [1.807, 2.05) is 32.0 Å². The van der Waals surface area contributed by atoms with Crippen LogP contribution < -0.4 is 9.08 Å². The number of nitrogens with zero attached hydrogens (tertiary/aromatic N) is 2. The fourth-order valence-electron chi connectivity index (χ4n) is 3.83. The summed E-state index contributed by atoms with van der Waals surface area (Å²) in [4.78, 5) is 20.3. The quantitative estimate of drug-likeness (QED) is 0.163. The number of aliphatic imine (C=N–C) groups is 1. The van der Waals surface area contributed by atoms with E-state index in [4.69, 9.17) is 32.4 Å². The van der Waals surface area contributed by atoms with Crippen LogP contribution >= 0.6 is 35.0 Å². The Morgan fingerprint density at radius 1 is 0.850 bits per heavy atom. The average molecular weight is 610 g/mol. The van der Waals surface area contributed by atoms with Crippen LogP contribution in [0.5, 0.6) is 5.75 Å².